The summed E-state index contributed by atoms with van der Waals surface area (Å²) in [5, 5.41) is 25.1. The maximum atomic E-state index is 12.4. The third-order valence-corrected chi connectivity index (χ3v) is 11.4. The second-order valence-electron chi connectivity index (χ2n) is 14.0. The van der Waals surface area contributed by atoms with Crippen molar-refractivity contribution in [2.75, 3.05) is 19.7 Å². The Kier molecular flexibility index (Phi) is 11.7. The van der Waals surface area contributed by atoms with E-state index in [0.717, 1.165) is 86.6 Å². The van der Waals surface area contributed by atoms with Crippen molar-refractivity contribution in [2.24, 2.45) is 11.8 Å². The summed E-state index contributed by atoms with van der Waals surface area (Å²) in [6, 6.07) is 13.8. The van der Waals surface area contributed by atoms with Gasteiger partial charge in [-0.05, 0) is 105 Å². The standard InChI is InChI=1S/C19H20N2O3S.C17H25N3O2.ClH/c1-2-13-3-6-15(20-12-13)9-10-24-16-7-4-14(5-8-16)11-17-18(22)21-19(23)25-17;18-9-14-2-1-3-20(14)15(21)10-19-16-5-12-4-13(6-16)8-17(22,7-12)11-16;/h3-8,12,17H,2,9-11H2,1H3,(H,21,22,23);12-14,19,22H,1-8,10-11H2;1H/t;12-,13+,14-,16?,17?;/m.0./s1. The SMILES string of the molecule is CCc1ccc(CCOc2ccc(CC3SC(=O)NC3=O)cc2)nc1.Cl.N#C[C@@H]1CCCN1C(=O)CNC12C[C@@H]3C[C@@H](CC(O)(C3)C1)C2. The number of nitrogens with one attached hydrogen (secondary N) is 2. The molecule has 4 saturated carbocycles. The molecule has 4 aliphatic carbocycles. The number of imide groups is 1. The Balaban J connectivity index is 0.000000185. The maximum absolute atomic E-state index is 12.4. The fraction of sp³-hybridized carbons (Fsp3) is 0.583. The van der Waals surface area contributed by atoms with Crippen LogP contribution in [0.2, 0.25) is 0 Å². The number of aryl methyl sites for hydroxylation is 1. The number of nitrogens with zero attached hydrogens (tertiary/aromatic N) is 3. The molecule has 4 bridgehead atoms. The summed E-state index contributed by atoms with van der Waals surface area (Å²) in [6.07, 6.45) is 12.1. The van der Waals surface area contributed by atoms with Gasteiger partial charge in [0.15, 0.2) is 0 Å². The Labute approximate surface area is 293 Å². The van der Waals surface area contributed by atoms with Crippen LogP contribution in [0, 0.1) is 23.2 Å². The highest BCUT2D eigenvalue weighted by Crippen LogP contribution is 2.57. The molecule has 1 aromatic carbocycles. The summed E-state index contributed by atoms with van der Waals surface area (Å²) in [6.45, 7) is 3.70. The van der Waals surface area contributed by atoms with Crippen LogP contribution < -0.4 is 15.4 Å². The minimum absolute atomic E-state index is 0. The number of ether oxygens (including phenoxy) is 1. The van der Waals surface area contributed by atoms with Gasteiger partial charge in [0.25, 0.3) is 5.24 Å². The number of hydrogen-bond donors (Lipinski definition) is 3. The van der Waals surface area contributed by atoms with Crippen molar-refractivity contribution in [1.29, 1.82) is 5.26 Å². The van der Waals surface area contributed by atoms with Crippen LogP contribution in [0.25, 0.3) is 0 Å². The molecule has 3 heterocycles. The summed E-state index contributed by atoms with van der Waals surface area (Å²) in [5.74, 6) is 1.86. The molecule has 2 aliphatic heterocycles. The summed E-state index contributed by atoms with van der Waals surface area (Å²) in [5.41, 5.74) is 2.71. The van der Waals surface area contributed by atoms with Crippen molar-refractivity contribution >= 4 is 41.2 Å². The lowest BCUT2D eigenvalue weighted by molar-refractivity contribution is -0.147. The van der Waals surface area contributed by atoms with Crippen LogP contribution in [0.4, 0.5) is 4.79 Å². The highest BCUT2D eigenvalue weighted by Gasteiger charge is 2.57. The molecule has 0 radical (unpaired) electrons. The van der Waals surface area contributed by atoms with Crippen LogP contribution in [0.1, 0.15) is 75.1 Å². The molecule has 2 saturated heterocycles. The second-order valence-corrected chi connectivity index (χ2v) is 15.2. The number of aromatic nitrogens is 1. The second kappa shape index (κ2) is 15.6. The number of benzene rings is 1. The van der Waals surface area contributed by atoms with Crippen LogP contribution in [-0.2, 0) is 28.9 Å². The number of carbonyl (C=O) groups is 3. The van der Waals surface area contributed by atoms with E-state index >= 15 is 0 Å². The van der Waals surface area contributed by atoms with E-state index in [2.05, 4.69) is 34.7 Å². The molecular weight excluding hydrogens is 650 g/mol. The van der Waals surface area contributed by atoms with Crippen molar-refractivity contribution in [1.82, 2.24) is 20.5 Å². The van der Waals surface area contributed by atoms with E-state index < -0.39 is 5.60 Å². The lowest BCUT2D eigenvalue weighted by atomic mass is 9.51. The van der Waals surface area contributed by atoms with E-state index in [0.29, 0.717) is 38.0 Å². The smallest absolute Gasteiger partial charge is 0.286 e. The summed E-state index contributed by atoms with van der Waals surface area (Å²) >= 11 is 1.05. The van der Waals surface area contributed by atoms with E-state index in [1.54, 1.807) is 4.90 Å². The lowest BCUT2D eigenvalue weighted by Gasteiger charge is -2.60. The molecule has 2 aromatic rings. The van der Waals surface area contributed by atoms with Gasteiger partial charge in [-0.25, -0.2) is 0 Å². The molecule has 258 valence electrons. The molecule has 1 aromatic heterocycles. The molecule has 3 unspecified atom stereocenters. The van der Waals surface area contributed by atoms with Gasteiger partial charge in [0.2, 0.25) is 11.8 Å². The van der Waals surface area contributed by atoms with Crippen LogP contribution in [0.3, 0.4) is 0 Å². The van der Waals surface area contributed by atoms with Crippen molar-refractivity contribution < 1.29 is 24.2 Å². The largest absolute Gasteiger partial charge is 0.493 e. The lowest BCUT2D eigenvalue weighted by Crippen LogP contribution is -2.65. The Hall–Kier alpha value is -3.17. The summed E-state index contributed by atoms with van der Waals surface area (Å²) in [7, 11) is 0. The van der Waals surface area contributed by atoms with Crippen LogP contribution in [-0.4, -0.2) is 74.2 Å². The van der Waals surface area contributed by atoms with Gasteiger partial charge < -0.3 is 20.1 Å². The monoisotopic (exact) mass is 695 g/mol. The molecule has 10 nitrogen and oxygen atoms in total. The average molecular weight is 696 g/mol. The van der Waals surface area contributed by atoms with Gasteiger partial charge in [-0.3, -0.25) is 24.7 Å². The zero-order valence-electron chi connectivity index (χ0n) is 27.5. The maximum Gasteiger partial charge on any atom is 0.286 e. The molecule has 6 aliphatic rings. The van der Waals surface area contributed by atoms with Crippen LogP contribution in [0.5, 0.6) is 5.75 Å². The number of thioether (sulfide) groups is 1. The number of hydrogen-bond acceptors (Lipinski definition) is 9. The topological polar surface area (TPSA) is 145 Å². The number of nitriles is 1. The van der Waals surface area contributed by atoms with Gasteiger partial charge in [-0.1, -0.05) is 36.9 Å². The summed E-state index contributed by atoms with van der Waals surface area (Å²) in [4.78, 5) is 41.4. The molecule has 48 heavy (non-hydrogen) atoms. The number of likely N-dealkylation sites (tertiary alicyclic amines) is 1. The van der Waals surface area contributed by atoms with Gasteiger partial charge >= 0.3 is 0 Å². The van der Waals surface area contributed by atoms with Gasteiger partial charge in [0.1, 0.15) is 11.8 Å². The number of carbonyl (C=O) groups excluding carboxylic acids is 3. The number of amides is 3. The van der Waals surface area contributed by atoms with Gasteiger partial charge in [-0.15, -0.1) is 12.4 Å². The quantitative estimate of drug-likeness (QED) is 0.321. The fourth-order valence-electron chi connectivity index (χ4n) is 8.53. The van der Waals surface area contributed by atoms with Gasteiger partial charge in [0.05, 0.1) is 30.1 Å². The Morgan fingerprint density at radius 3 is 2.48 bits per heavy atom. The molecular formula is C36H46ClN5O5S. The summed E-state index contributed by atoms with van der Waals surface area (Å²) < 4.78 is 5.75. The van der Waals surface area contributed by atoms with E-state index in [1.807, 2.05) is 36.5 Å². The first-order valence-electron chi connectivity index (χ1n) is 17.0. The third-order valence-electron chi connectivity index (χ3n) is 10.4. The first kappa shape index (κ1) is 36.1. The molecule has 0 spiro atoms. The molecule has 3 N–H and O–H groups in total. The molecule has 12 heteroatoms. The number of rotatable bonds is 10. The van der Waals surface area contributed by atoms with Crippen LogP contribution in [0.15, 0.2) is 42.6 Å². The molecule has 3 amide bonds. The van der Waals surface area contributed by atoms with Crippen molar-refractivity contribution in [3.05, 3.63) is 59.4 Å². The predicted octanol–water partition coefficient (Wildman–Crippen LogP) is 4.76. The fourth-order valence-corrected chi connectivity index (χ4v) is 9.39. The van der Waals surface area contributed by atoms with Gasteiger partial charge in [-0.2, -0.15) is 5.26 Å². The number of halogens is 1. The molecule has 6 atom stereocenters. The predicted molar refractivity (Wildman–Crippen MR) is 186 cm³/mol. The molecule has 8 rings (SSSR count). The zero-order valence-corrected chi connectivity index (χ0v) is 29.1. The Morgan fingerprint density at radius 1 is 1.15 bits per heavy atom. The first-order valence-corrected chi connectivity index (χ1v) is 17.9. The van der Waals surface area contributed by atoms with Crippen LogP contribution >= 0.6 is 24.2 Å². The number of aliphatic hydroxyl groups is 1. The van der Waals surface area contributed by atoms with Crippen molar-refractivity contribution in [3.63, 3.8) is 0 Å². The zero-order chi connectivity index (χ0) is 33.0. The van der Waals surface area contributed by atoms with Crippen molar-refractivity contribution in [2.45, 2.75) is 100.0 Å². The minimum Gasteiger partial charge on any atom is -0.493 e. The average Bonchev–Trinajstić information content (AvgIpc) is 3.65. The Bertz CT molecular complexity index is 1490. The molecule has 6 fully saturated rings. The highest BCUT2D eigenvalue weighted by atomic mass is 35.5. The minimum atomic E-state index is -0.497. The van der Waals surface area contributed by atoms with Crippen molar-refractivity contribution in [3.8, 4) is 11.8 Å². The highest BCUT2D eigenvalue weighted by molar-refractivity contribution is 8.15. The van der Waals surface area contributed by atoms with Gasteiger partial charge in [0, 0.05) is 30.4 Å². The van der Waals surface area contributed by atoms with E-state index in [1.165, 1.54) is 12.0 Å². The van der Waals surface area contributed by atoms with E-state index in [-0.39, 0.29) is 46.3 Å². The van der Waals surface area contributed by atoms with E-state index in [4.69, 9.17) is 10.00 Å². The van der Waals surface area contributed by atoms with E-state index in [9.17, 15) is 19.5 Å². The first-order chi connectivity index (χ1) is 22.6. The number of pyridine rings is 1. The Morgan fingerprint density at radius 2 is 1.88 bits per heavy atom. The normalized spacial score (nSPS) is 29.8. The third kappa shape index (κ3) is 8.70.